The van der Waals surface area contributed by atoms with Crippen LogP contribution < -0.4 is 0 Å². The highest BCUT2D eigenvalue weighted by molar-refractivity contribution is 6.74. The van der Waals surface area contributed by atoms with E-state index < -0.39 is 19.7 Å². The number of ether oxygens (including phenoxy) is 1. The zero-order valence-corrected chi connectivity index (χ0v) is 18.3. The highest BCUT2D eigenvalue weighted by atomic mass is 28.4. The lowest BCUT2D eigenvalue weighted by Crippen LogP contribution is -2.50. The van der Waals surface area contributed by atoms with E-state index >= 15 is 0 Å². The zero-order chi connectivity index (χ0) is 19.2. The average molecular weight is 369 g/mol. The summed E-state index contributed by atoms with van der Waals surface area (Å²) in [6, 6.07) is 0. The van der Waals surface area contributed by atoms with Gasteiger partial charge in [0, 0.05) is 11.5 Å². The van der Waals surface area contributed by atoms with Gasteiger partial charge in [0.1, 0.15) is 5.92 Å². The first-order chi connectivity index (χ1) is 11.3. The van der Waals surface area contributed by atoms with Gasteiger partial charge in [0.2, 0.25) is 0 Å². The van der Waals surface area contributed by atoms with Crippen LogP contribution in [0.3, 0.4) is 0 Å². The van der Waals surface area contributed by atoms with Crippen LogP contribution in [0.4, 0.5) is 0 Å². The molecule has 0 saturated heterocycles. The first-order valence-corrected chi connectivity index (χ1v) is 12.6. The number of rotatable bonds is 4. The molecule has 0 aromatic carbocycles. The molecule has 2 rings (SSSR count). The van der Waals surface area contributed by atoms with Crippen molar-refractivity contribution in [2.45, 2.75) is 85.0 Å². The molecule has 2 aliphatic carbocycles. The lowest BCUT2D eigenvalue weighted by molar-refractivity contribution is -0.152. The van der Waals surface area contributed by atoms with E-state index in [1.54, 1.807) is 6.92 Å². The molecule has 0 amide bonds. The van der Waals surface area contributed by atoms with Crippen molar-refractivity contribution in [3.05, 3.63) is 0 Å². The standard InChI is InChI=1S/C20H36O4Si/c1-9-23-18(22)16-12-14-11-15(24-25(7,8)19(3,4)5)10-13(2)20(14,6)17(16)21/h13-16H,9-12H2,1-8H3/t13-,14+,15+,16?,20+/m1/s1. The molecular weight excluding hydrogens is 332 g/mol. The van der Waals surface area contributed by atoms with E-state index in [0.717, 1.165) is 12.8 Å². The molecule has 2 saturated carbocycles. The summed E-state index contributed by atoms with van der Waals surface area (Å²) in [5.74, 6) is -0.378. The van der Waals surface area contributed by atoms with Gasteiger partial charge in [0.05, 0.1) is 6.61 Å². The molecule has 0 aromatic rings. The Hall–Kier alpha value is -0.683. The molecule has 4 nitrogen and oxygen atoms in total. The van der Waals surface area contributed by atoms with Crippen LogP contribution in [0.1, 0.15) is 60.8 Å². The van der Waals surface area contributed by atoms with Gasteiger partial charge in [-0.05, 0) is 56.2 Å². The van der Waals surface area contributed by atoms with Crippen LogP contribution >= 0.6 is 0 Å². The molecule has 0 bridgehead atoms. The van der Waals surface area contributed by atoms with E-state index in [2.05, 4.69) is 47.7 Å². The predicted octanol–water partition coefficient (Wildman–Crippen LogP) is 4.58. The highest BCUT2D eigenvalue weighted by Crippen LogP contribution is 2.56. The Balaban J connectivity index is 2.17. The number of carbonyl (C=O) groups excluding carboxylic acids is 2. The number of Topliss-reactive ketones (excluding diaryl/α,β-unsaturated/α-hetero) is 1. The minimum Gasteiger partial charge on any atom is -0.465 e. The summed E-state index contributed by atoms with van der Waals surface area (Å²) >= 11 is 0. The Bertz CT molecular complexity index is 536. The van der Waals surface area contributed by atoms with E-state index in [9.17, 15) is 9.59 Å². The Labute approximate surface area is 154 Å². The van der Waals surface area contributed by atoms with Gasteiger partial charge in [-0.1, -0.05) is 34.6 Å². The molecule has 25 heavy (non-hydrogen) atoms. The molecule has 0 aromatic heterocycles. The van der Waals surface area contributed by atoms with Crippen LogP contribution in [0.15, 0.2) is 0 Å². The number of esters is 1. The van der Waals surface area contributed by atoms with Crippen molar-refractivity contribution in [2.75, 3.05) is 6.61 Å². The fraction of sp³-hybridized carbons (Fsp3) is 0.900. The number of carbonyl (C=O) groups is 2. The van der Waals surface area contributed by atoms with E-state index in [1.165, 1.54) is 0 Å². The maximum Gasteiger partial charge on any atom is 0.316 e. The number of fused-ring (bicyclic) bond motifs is 1. The Morgan fingerprint density at radius 3 is 2.36 bits per heavy atom. The smallest absolute Gasteiger partial charge is 0.316 e. The molecule has 0 aliphatic heterocycles. The van der Waals surface area contributed by atoms with E-state index in [4.69, 9.17) is 9.16 Å². The first kappa shape index (κ1) is 20.6. The summed E-state index contributed by atoms with van der Waals surface area (Å²) in [4.78, 5) is 25.2. The quantitative estimate of drug-likeness (QED) is 0.414. The minimum absolute atomic E-state index is 0.0919. The second-order valence-corrected chi connectivity index (χ2v) is 14.5. The number of hydrogen-bond acceptors (Lipinski definition) is 4. The monoisotopic (exact) mass is 368 g/mol. The largest absolute Gasteiger partial charge is 0.465 e. The first-order valence-electron chi connectivity index (χ1n) is 9.73. The average Bonchev–Trinajstić information content (AvgIpc) is 2.72. The van der Waals surface area contributed by atoms with Gasteiger partial charge >= 0.3 is 5.97 Å². The molecule has 144 valence electrons. The third-order valence-corrected chi connectivity index (χ3v) is 11.8. The number of ketones is 1. The summed E-state index contributed by atoms with van der Waals surface area (Å²) < 4.78 is 11.8. The van der Waals surface area contributed by atoms with Crippen LogP contribution in [-0.2, 0) is 18.8 Å². The molecule has 0 N–H and O–H groups in total. The van der Waals surface area contributed by atoms with Gasteiger partial charge in [0.15, 0.2) is 14.1 Å². The van der Waals surface area contributed by atoms with Gasteiger partial charge in [-0.3, -0.25) is 9.59 Å². The molecule has 0 radical (unpaired) electrons. The van der Waals surface area contributed by atoms with Crippen LogP contribution in [-0.4, -0.2) is 32.8 Å². The van der Waals surface area contributed by atoms with Gasteiger partial charge < -0.3 is 9.16 Å². The van der Waals surface area contributed by atoms with Crippen molar-refractivity contribution < 1.29 is 18.8 Å². The minimum atomic E-state index is -1.84. The Morgan fingerprint density at radius 1 is 1.24 bits per heavy atom. The topological polar surface area (TPSA) is 52.6 Å². The molecule has 5 atom stereocenters. The maximum absolute atomic E-state index is 13.0. The summed E-state index contributed by atoms with van der Waals surface area (Å²) in [6.07, 6.45) is 2.61. The summed E-state index contributed by atoms with van der Waals surface area (Å²) in [7, 11) is -1.84. The Morgan fingerprint density at radius 2 is 1.84 bits per heavy atom. The van der Waals surface area contributed by atoms with Crippen LogP contribution in [0.25, 0.3) is 0 Å². The van der Waals surface area contributed by atoms with Crippen molar-refractivity contribution >= 4 is 20.1 Å². The van der Waals surface area contributed by atoms with Gasteiger partial charge in [-0.15, -0.1) is 0 Å². The molecule has 0 spiro atoms. The molecule has 5 heteroatoms. The fourth-order valence-corrected chi connectivity index (χ4v) is 5.77. The van der Waals surface area contributed by atoms with Crippen molar-refractivity contribution in [1.82, 2.24) is 0 Å². The van der Waals surface area contributed by atoms with Gasteiger partial charge in [-0.2, -0.15) is 0 Å². The molecular formula is C20H36O4Si. The zero-order valence-electron chi connectivity index (χ0n) is 17.3. The van der Waals surface area contributed by atoms with E-state index in [0.29, 0.717) is 13.0 Å². The second kappa shape index (κ2) is 6.80. The summed E-state index contributed by atoms with van der Waals surface area (Å²) in [6.45, 7) is 17.7. The number of hydrogen-bond donors (Lipinski definition) is 0. The van der Waals surface area contributed by atoms with Crippen LogP contribution in [0, 0.1) is 23.2 Å². The maximum atomic E-state index is 13.0. The van der Waals surface area contributed by atoms with Crippen LogP contribution in [0.2, 0.25) is 18.1 Å². The van der Waals surface area contributed by atoms with E-state index in [-0.39, 0.29) is 34.7 Å². The second-order valence-electron chi connectivity index (χ2n) is 9.76. The van der Waals surface area contributed by atoms with E-state index in [1.807, 2.05) is 0 Å². The summed E-state index contributed by atoms with van der Waals surface area (Å²) in [5, 5.41) is 0.177. The van der Waals surface area contributed by atoms with Crippen LogP contribution in [0.5, 0.6) is 0 Å². The van der Waals surface area contributed by atoms with Crippen molar-refractivity contribution in [1.29, 1.82) is 0 Å². The summed E-state index contributed by atoms with van der Waals surface area (Å²) in [5.41, 5.74) is -0.412. The lowest BCUT2D eigenvalue weighted by Gasteiger charge is -2.47. The molecule has 0 heterocycles. The van der Waals surface area contributed by atoms with Crippen molar-refractivity contribution in [3.63, 3.8) is 0 Å². The Kier molecular flexibility index (Phi) is 5.61. The molecule has 2 aliphatic rings. The third kappa shape index (κ3) is 3.59. The molecule has 1 unspecified atom stereocenters. The van der Waals surface area contributed by atoms with Crippen molar-refractivity contribution in [3.8, 4) is 0 Å². The normalized spacial score (nSPS) is 36.2. The SMILES string of the molecule is CCOC(=O)C1C[C@@H]2C[C@@H](O[Si](C)(C)C(C)(C)C)C[C@@H](C)[C@]2(C)C1=O. The predicted molar refractivity (Wildman–Crippen MR) is 102 cm³/mol. The highest BCUT2D eigenvalue weighted by Gasteiger charge is 2.59. The van der Waals surface area contributed by atoms with Gasteiger partial charge in [-0.25, -0.2) is 0 Å². The lowest BCUT2D eigenvalue weighted by atomic mass is 9.62. The third-order valence-electron chi connectivity index (χ3n) is 7.24. The van der Waals surface area contributed by atoms with Crippen molar-refractivity contribution in [2.24, 2.45) is 23.2 Å². The molecule has 2 fully saturated rings. The van der Waals surface area contributed by atoms with Gasteiger partial charge in [0.25, 0.3) is 0 Å². The fourth-order valence-electron chi connectivity index (χ4n) is 4.39.